The maximum Gasteiger partial charge on any atom is 0.184 e. The van der Waals surface area contributed by atoms with Crippen LogP contribution in [0.25, 0.3) is 0 Å². The first kappa shape index (κ1) is 27.4. The van der Waals surface area contributed by atoms with Gasteiger partial charge in [0.05, 0.1) is 20.3 Å². The second-order valence-corrected chi connectivity index (χ2v) is 21.2. The molecule has 1 aromatic carbocycles. The van der Waals surface area contributed by atoms with Gasteiger partial charge in [0.1, 0.15) is 29.3 Å². The Bertz CT molecular complexity index is 959. The molecule has 0 saturated carbocycles. The van der Waals surface area contributed by atoms with E-state index in [1.54, 1.807) is 20.3 Å². The Balaban J connectivity index is 2.46. The molecule has 0 heterocycles. The molecule has 0 radical (unpaired) electrons. The van der Waals surface area contributed by atoms with Gasteiger partial charge in [0, 0.05) is 17.0 Å². The highest BCUT2D eigenvalue weighted by molar-refractivity contribution is 6.70. The van der Waals surface area contributed by atoms with E-state index < -0.39 is 46.0 Å². The smallest absolute Gasteiger partial charge is 0.184 e. The van der Waals surface area contributed by atoms with Gasteiger partial charge in [-0.15, -0.1) is 0 Å². The second kappa shape index (κ2) is 9.05. The van der Waals surface area contributed by atoms with Crippen molar-refractivity contribution < 1.29 is 28.5 Å². The van der Waals surface area contributed by atoms with Crippen LogP contribution >= 0.6 is 0 Å². The first-order chi connectivity index (χ1) is 15.5. The quantitative estimate of drug-likeness (QED) is 0.377. The molecule has 2 aliphatic rings. The standard InChI is InChI=1S/C26H44O6Si2/c1-16-12-13-26(28)24(32-34(9,10)11)18-14-17(29-4)15-19(30-5)20(18)22(27)23(31-33(6,7)8)21(16)25(26,2)3/h14-15,22-24,27-28H,12-13H2,1-11H3/t22-,23-,24+,26-/m1/s1. The Morgan fingerprint density at radius 1 is 0.941 bits per heavy atom. The molecule has 2 bridgehead atoms. The van der Waals surface area contributed by atoms with Crippen molar-refractivity contribution in [2.45, 2.75) is 96.8 Å². The lowest BCUT2D eigenvalue weighted by Crippen LogP contribution is -2.59. The van der Waals surface area contributed by atoms with Crippen LogP contribution < -0.4 is 9.47 Å². The third-order valence-corrected chi connectivity index (χ3v) is 9.14. The van der Waals surface area contributed by atoms with E-state index in [-0.39, 0.29) is 0 Å². The van der Waals surface area contributed by atoms with Crippen LogP contribution in [0, 0.1) is 5.41 Å². The van der Waals surface area contributed by atoms with Crippen LogP contribution in [0.1, 0.15) is 56.9 Å². The lowest BCUT2D eigenvalue weighted by atomic mass is 9.56. The number of allylic oxidation sites excluding steroid dienone is 1. The van der Waals surface area contributed by atoms with Gasteiger partial charge < -0.3 is 28.5 Å². The highest BCUT2D eigenvalue weighted by atomic mass is 28.4. The molecule has 2 aliphatic carbocycles. The number of fused-ring (bicyclic) bond motifs is 3. The van der Waals surface area contributed by atoms with Crippen LogP contribution in [0.5, 0.6) is 11.5 Å². The van der Waals surface area contributed by atoms with Gasteiger partial charge in [0.2, 0.25) is 0 Å². The van der Waals surface area contributed by atoms with E-state index >= 15 is 0 Å². The van der Waals surface area contributed by atoms with E-state index in [4.69, 9.17) is 18.3 Å². The summed E-state index contributed by atoms with van der Waals surface area (Å²) >= 11 is 0. The zero-order valence-corrected chi connectivity index (χ0v) is 24.8. The maximum absolute atomic E-state index is 12.6. The molecule has 0 aliphatic heterocycles. The summed E-state index contributed by atoms with van der Waals surface area (Å²) in [6.45, 7) is 19.0. The van der Waals surface area contributed by atoms with Crippen LogP contribution in [0.15, 0.2) is 23.3 Å². The van der Waals surface area contributed by atoms with Crippen LogP contribution in [0.4, 0.5) is 0 Å². The zero-order chi connectivity index (χ0) is 25.9. The molecule has 3 rings (SSSR count). The van der Waals surface area contributed by atoms with Crippen molar-refractivity contribution in [2.75, 3.05) is 14.2 Å². The molecule has 1 aromatic rings. The van der Waals surface area contributed by atoms with Gasteiger partial charge in [0.25, 0.3) is 0 Å². The van der Waals surface area contributed by atoms with Crippen LogP contribution in [0.3, 0.4) is 0 Å². The van der Waals surface area contributed by atoms with Crippen LogP contribution in [-0.4, -0.2) is 52.8 Å². The third-order valence-electron chi connectivity index (χ3n) is 7.23. The van der Waals surface area contributed by atoms with Gasteiger partial charge in [0.15, 0.2) is 16.6 Å². The van der Waals surface area contributed by atoms with Gasteiger partial charge in [-0.2, -0.15) is 0 Å². The first-order valence-corrected chi connectivity index (χ1v) is 19.0. The largest absolute Gasteiger partial charge is 0.497 e. The van der Waals surface area contributed by atoms with Gasteiger partial charge in [-0.25, -0.2) is 0 Å². The van der Waals surface area contributed by atoms with Crippen LogP contribution in [0.2, 0.25) is 39.3 Å². The summed E-state index contributed by atoms with van der Waals surface area (Å²) in [5, 5.41) is 24.7. The number of aliphatic hydroxyl groups is 2. The summed E-state index contributed by atoms with van der Waals surface area (Å²) in [7, 11) is -1.02. The average Bonchev–Trinajstić information content (AvgIpc) is 2.70. The summed E-state index contributed by atoms with van der Waals surface area (Å²) in [6, 6.07) is 3.68. The van der Waals surface area contributed by atoms with E-state index in [0.717, 1.165) is 12.0 Å². The van der Waals surface area contributed by atoms with Crippen molar-refractivity contribution in [1.29, 1.82) is 0 Å². The molecule has 8 heteroatoms. The molecule has 0 spiro atoms. The molecular formula is C26H44O6Si2. The molecular weight excluding hydrogens is 464 g/mol. The topological polar surface area (TPSA) is 77.4 Å². The average molecular weight is 509 g/mol. The third kappa shape index (κ3) is 4.77. The Kier molecular flexibility index (Phi) is 7.30. The van der Waals surface area contributed by atoms with Gasteiger partial charge >= 0.3 is 0 Å². The lowest BCUT2D eigenvalue weighted by molar-refractivity contribution is -0.152. The van der Waals surface area contributed by atoms with E-state index in [9.17, 15) is 10.2 Å². The van der Waals surface area contributed by atoms with E-state index in [1.807, 2.05) is 6.07 Å². The molecule has 2 N–H and O–H groups in total. The second-order valence-electron chi connectivity index (χ2n) is 12.3. The molecule has 0 unspecified atom stereocenters. The summed E-state index contributed by atoms with van der Waals surface area (Å²) in [5.41, 5.74) is 1.55. The Labute approximate surface area is 207 Å². The predicted octanol–water partition coefficient (Wildman–Crippen LogP) is 5.73. The molecule has 4 atom stereocenters. The summed E-state index contributed by atoms with van der Waals surface area (Å²) < 4.78 is 24.9. The van der Waals surface area contributed by atoms with Crippen LogP contribution in [-0.2, 0) is 8.85 Å². The summed E-state index contributed by atoms with van der Waals surface area (Å²) in [5.74, 6) is 1.11. The molecule has 6 nitrogen and oxygen atoms in total. The number of aliphatic hydroxyl groups excluding tert-OH is 1. The minimum absolute atomic E-state index is 0.509. The SMILES string of the molecule is COc1cc(OC)c2c(c1)[C@H](O[Si](C)(C)C)[C@]1(O)CCC(C)=C([C@@H](O[Si](C)(C)C)[C@@H]2O)C1(C)C. The monoisotopic (exact) mass is 508 g/mol. The van der Waals surface area contributed by atoms with Crippen molar-refractivity contribution >= 4 is 16.6 Å². The Hall–Kier alpha value is -1.17. The predicted molar refractivity (Wildman–Crippen MR) is 141 cm³/mol. The lowest BCUT2D eigenvalue weighted by Gasteiger charge is -2.57. The number of benzene rings is 1. The molecule has 0 aromatic heterocycles. The minimum Gasteiger partial charge on any atom is -0.497 e. The summed E-state index contributed by atoms with van der Waals surface area (Å²) in [4.78, 5) is 0. The number of ether oxygens (including phenoxy) is 2. The molecule has 0 amide bonds. The van der Waals surface area contributed by atoms with Gasteiger partial charge in [-0.05, 0) is 76.3 Å². The van der Waals surface area contributed by atoms with E-state index in [2.05, 4.69) is 60.1 Å². The fraction of sp³-hybridized carbons (Fsp3) is 0.692. The number of hydrogen-bond acceptors (Lipinski definition) is 6. The fourth-order valence-electron chi connectivity index (χ4n) is 5.68. The fourth-order valence-corrected chi connectivity index (χ4v) is 7.71. The van der Waals surface area contributed by atoms with Crippen molar-refractivity contribution in [1.82, 2.24) is 0 Å². The van der Waals surface area contributed by atoms with Crippen molar-refractivity contribution in [3.8, 4) is 11.5 Å². The van der Waals surface area contributed by atoms with Crippen molar-refractivity contribution in [3.05, 3.63) is 34.4 Å². The van der Waals surface area contributed by atoms with E-state index in [0.29, 0.717) is 29.0 Å². The highest BCUT2D eigenvalue weighted by Crippen LogP contribution is 2.60. The van der Waals surface area contributed by atoms with Crippen molar-refractivity contribution in [3.63, 3.8) is 0 Å². The minimum atomic E-state index is -2.13. The van der Waals surface area contributed by atoms with Crippen molar-refractivity contribution in [2.24, 2.45) is 5.41 Å². The first-order valence-electron chi connectivity index (χ1n) is 12.2. The maximum atomic E-state index is 12.6. The normalized spacial score (nSPS) is 29.3. The van der Waals surface area contributed by atoms with Gasteiger partial charge in [-0.3, -0.25) is 0 Å². The number of rotatable bonds is 6. The number of methoxy groups -OCH3 is 2. The number of hydrogen-bond donors (Lipinski definition) is 2. The Morgan fingerprint density at radius 2 is 1.53 bits per heavy atom. The molecule has 0 saturated heterocycles. The molecule has 34 heavy (non-hydrogen) atoms. The highest BCUT2D eigenvalue weighted by Gasteiger charge is 2.60. The Morgan fingerprint density at radius 3 is 2.03 bits per heavy atom. The molecule has 192 valence electrons. The summed E-state index contributed by atoms with van der Waals surface area (Å²) in [6.07, 6.45) is -0.960. The molecule has 0 fully saturated rings. The van der Waals surface area contributed by atoms with Gasteiger partial charge in [-0.1, -0.05) is 19.4 Å². The van der Waals surface area contributed by atoms with E-state index in [1.165, 1.54) is 5.57 Å². The zero-order valence-electron chi connectivity index (χ0n) is 22.8.